The van der Waals surface area contributed by atoms with Crippen molar-refractivity contribution in [2.75, 3.05) is 0 Å². The molecule has 4 saturated carbocycles. The maximum absolute atomic E-state index is 12.2. The lowest BCUT2D eigenvalue weighted by atomic mass is 9.42. The van der Waals surface area contributed by atoms with E-state index in [1.807, 2.05) is 0 Å². The number of rotatable bonds is 2. The van der Waals surface area contributed by atoms with E-state index >= 15 is 0 Å². The van der Waals surface area contributed by atoms with Crippen molar-refractivity contribution in [1.82, 2.24) is 0 Å². The fourth-order valence-electron chi connectivity index (χ4n) is 8.13. The number of ketones is 1. The maximum Gasteiger partial charge on any atom is 0.306 e. The molecule has 0 unspecified atom stereocenters. The number of hydrogen-bond acceptors (Lipinski definition) is 3. The van der Waals surface area contributed by atoms with E-state index < -0.39 is 11.6 Å². The Labute approximate surface area is 156 Å². The van der Waals surface area contributed by atoms with Crippen LogP contribution in [0.4, 0.5) is 0 Å². The van der Waals surface area contributed by atoms with E-state index in [-0.39, 0.29) is 17.3 Å². The fourth-order valence-corrected chi connectivity index (χ4v) is 8.13. The van der Waals surface area contributed by atoms with Crippen LogP contribution in [0.5, 0.6) is 0 Å². The largest absolute Gasteiger partial charge is 0.481 e. The third kappa shape index (κ3) is 2.30. The summed E-state index contributed by atoms with van der Waals surface area (Å²) in [4.78, 5) is 23.5. The van der Waals surface area contributed by atoms with Gasteiger partial charge in [0.1, 0.15) is 5.78 Å². The van der Waals surface area contributed by atoms with Gasteiger partial charge < -0.3 is 10.2 Å². The van der Waals surface area contributed by atoms with Crippen LogP contribution in [0.15, 0.2) is 0 Å². The number of aliphatic carboxylic acids is 1. The van der Waals surface area contributed by atoms with E-state index in [9.17, 15) is 19.8 Å². The first-order chi connectivity index (χ1) is 12.1. The molecule has 0 aromatic rings. The molecule has 4 heteroatoms. The second kappa shape index (κ2) is 5.80. The van der Waals surface area contributed by atoms with Gasteiger partial charge in [-0.1, -0.05) is 20.8 Å². The molecule has 0 amide bonds. The van der Waals surface area contributed by atoms with E-state index in [2.05, 4.69) is 20.8 Å². The normalized spacial score (nSPS) is 53.5. The molecule has 0 aromatic carbocycles. The topological polar surface area (TPSA) is 74.6 Å². The zero-order valence-electron chi connectivity index (χ0n) is 16.5. The van der Waals surface area contributed by atoms with E-state index in [1.165, 1.54) is 0 Å². The average molecular weight is 363 g/mol. The molecule has 0 radical (unpaired) electrons. The van der Waals surface area contributed by atoms with Gasteiger partial charge in [0, 0.05) is 12.8 Å². The van der Waals surface area contributed by atoms with E-state index in [0.717, 1.165) is 44.9 Å². The molecule has 2 N–H and O–H groups in total. The van der Waals surface area contributed by atoms with Crippen LogP contribution in [0.1, 0.15) is 78.6 Å². The smallest absolute Gasteiger partial charge is 0.306 e. The van der Waals surface area contributed by atoms with Crippen LogP contribution in [0, 0.1) is 40.4 Å². The lowest BCUT2D eigenvalue weighted by molar-refractivity contribution is -0.175. The van der Waals surface area contributed by atoms with Gasteiger partial charge in [0.25, 0.3) is 0 Å². The number of carboxylic acids is 1. The molecule has 0 spiro atoms. The van der Waals surface area contributed by atoms with Crippen LogP contribution in [-0.4, -0.2) is 27.6 Å². The Balaban J connectivity index is 1.65. The van der Waals surface area contributed by atoms with E-state index in [1.54, 1.807) is 0 Å². The number of hydrogen-bond donors (Lipinski definition) is 2. The summed E-state index contributed by atoms with van der Waals surface area (Å²) in [6, 6.07) is 0. The van der Waals surface area contributed by atoms with Gasteiger partial charge in [-0.25, -0.2) is 0 Å². The molecule has 4 rings (SSSR count). The number of carboxylic acid groups (broad SMARTS) is 1. The molecule has 0 saturated heterocycles. The Bertz CT molecular complexity index is 630. The number of carbonyl (C=O) groups is 2. The Morgan fingerprint density at radius 1 is 1.08 bits per heavy atom. The van der Waals surface area contributed by atoms with Gasteiger partial charge in [0.15, 0.2) is 0 Å². The van der Waals surface area contributed by atoms with Gasteiger partial charge in [0.2, 0.25) is 0 Å². The molecule has 0 aromatic heterocycles. The highest BCUT2D eigenvalue weighted by atomic mass is 16.4. The standard InChI is InChI=1S/C22H34O4/c1-13-10-15(23)11-14-4-5-16-17-7-9-22(26,12-19(24)25)20(17,2)8-6-18(16)21(13,14)3/h13-14,16-18,26H,4-12H2,1-3H3,(H,24,25)/t13-,14-,16-,17-,18-,20-,21-,22+/m0/s1. The zero-order chi connectivity index (χ0) is 18.9. The van der Waals surface area contributed by atoms with Crippen molar-refractivity contribution >= 4 is 11.8 Å². The van der Waals surface area contributed by atoms with Crippen molar-refractivity contribution in [2.24, 2.45) is 40.4 Å². The maximum atomic E-state index is 12.2. The van der Waals surface area contributed by atoms with E-state index in [4.69, 9.17) is 0 Å². The first-order valence-corrected chi connectivity index (χ1v) is 10.6. The third-order valence-electron chi connectivity index (χ3n) is 9.80. The van der Waals surface area contributed by atoms with Gasteiger partial charge in [-0.05, 0) is 78.9 Å². The average Bonchev–Trinajstić information content (AvgIpc) is 2.80. The van der Waals surface area contributed by atoms with Gasteiger partial charge in [0.05, 0.1) is 12.0 Å². The summed E-state index contributed by atoms with van der Waals surface area (Å²) < 4.78 is 0. The summed E-state index contributed by atoms with van der Waals surface area (Å²) in [6.45, 7) is 6.87. The van der Waals surface area contributed by atoms with Crippen LogP contribution in [0.3, 0.4) is 0 Å². The highest BCUT2D eigenvalue weighted by molar-refractivity contribution is 5.80. The second-order valence-electron chi connectivity index (χ2n) is 10.5. The van der Waals surface area contributed by atoms with Gasteiger partial charge >= 0.3 is 5.97 Å². The predicted octanol–water partition coefficient (Wildman–Crippen LogP) is 4.05. The minimum absolute atomic E-state index is 0.123. The van der Waals surface area contributed by atoms with Gasteiger partial charge in [-0.3, -0.25) is 9.59 Å². The SMILES string of the molecule is C[C@H]1CC(=O)C[C@@H]2CC[C@@H]3[C@H](CC[C@@]4(C)[C@H]3CC[C@@]4(O)CC(=O)O)[C@]21C. The van der Waals surface area contributed by atoms with Crippen molar-refractivity contribution in [3.8, 4) is 0 Å². The summed E-state index contributed by atoms with van der Waals surface area (Å²) >= 11 is 0. The van der Waals surface area contributed by atoms with Crippen molar-refractivity contribution < 1.29 is 19.8 Å². The Morgan fingerprint density at radius 3 is 2.46 bits per heavy atom. The predicted molar refractivity (Wildman–Crippen MR) is 98.5 cm³/mol. The summed E-state index contributed by atoms with van der Waals surface area (Å²) in [5, 5.41) is 20.6. The molecule has 4 fully saturated rings. The van der Waals surface area contributed by atoms with Gasteiger partial charge in [-0.2, -0.15) is 0 Å². The van der Waals surface area contributed by atoms with Crippen LogP contribution < -0.4 is 0 Å². The molecular formula is C22H34O4. The highest BCUT2D eigenvalue weighted by Crippen LogP contribution is 2.69. The molecule has 8 atom stereocenters. The summed E-state index contributed by atoms with van der Waals surface area (Å²) in [6.07, 6.45) is 7.20. The molecule has 26 heavy (non-hydrogen) atoms. The van der Waals surface area contributed by atoms with Crippen molar-refractivity contribution in [3.63, 3.8) is 0 Å². The van der Waals surface area contributed by atoms with Crippen LogP contribution in [0.25, 0.3) is 0 Å². The lowest BCUT2D eigenvalue weighted by Crippen LogP contribution is -2.58. The number of carbonyl (C=O) groups excluding carboxylic acids is 1. The number of Topliss-reactive ketones (excluding diaryl/α,β-unsaturated/α-hetero) is 1. The molecule has 4 aliphatic carbocycles. The molecule has 4 aliphatic rings. The monoisotopic (exact) mass is 362 g/mol. The van der Waals surface area contributed by atoms with Crippen molar-refractivity contribution in [2.45, 2.75) is 84.2 Å². The number of aliphatic hydroxyl groups is 1. The molecule has 4 nitrogen and oxygen atoms in total. The van der Waals surface area contributed by atoms with Crippen molar-refractivity contribution in [1.29, 1.82) is 0 Å². The Kier molecular flexibility index (Phi) is 4.12. The molecule has 0 aliphatic heterocycles. The minimum atomic E-state index is -1.06. The van der Waals surface area contributed by atoms with E-state index in [0.29, 0.717) is 41.8 Å². The summed E-state index contributed by atoms with van der Waals surface area (Å²) in [5.41, 5.74) is -1.10. The molecule has 0 heterocycles. The molecule has 146 valence electrons. The fraction of sp³-hybridized carbons (Fsp3) is 0.909. The first-order valence-electron chi connectivity index (χ1n) is 10.6. The third-order valence-corrected chi connectivity index (χ3v) is 9.80. The van der Waals surface area contributed by atoms with Gasteiger partial charge in [-0.15, -0.1) is 0 Å². The highest BCUT2D eigenvalue weighted by Gasteiger charge is 2.65. The van der Waals surface area contributed by atoms with Crippen LogP contribution in [-0.2, 0) is 9.59 Å². The second-order valence-corrected chi connectivity index (χ2v) is 10.5. The minimum Gasteiger partial charge on any atom is -0.481 e. The van der Waals surface area contributed by atoms with Crippen molar-refractivity contribution in [3.05, 3.63) is 0 Å². The summed E-state index contributed by atoms with van der Waals surface area (Å²) in [7, 11) is 0. The Hall–Kier alpha value is -0.900. The Morgan fingerprint density at radius 2 is 1.77 bits per heavy atom. The van der Waals surface area contributed by atoms with Crippen LogP contribution in [0.2, 0.25) is 0 Å². The van der Waals surface area contributed by atoms with Crippen LogP contribution >= 0.6 is 0 Å². The number of fused-ring (bicyclic) bond motifs is 5. The summed E-state index contributed by atoms with van der Waals surface area (Å²) in [5.74, 6) is 2.13. The quantitative estimate of drug-likeness (QED) is 0.777. The molecule has 0 bridgehead atoms. The lowest BCUT2D eigenvalue weighted by Gasteiger charge is -2.62. The zero-order valence-corrected chi connectivity index (χ0v) is 16.5. The molecular weight excluding hydrogens is 328 g/mol. The first kappa shape index (κ1) is 18.5.